The predicted octanol–water partition coefficient (Wildman–Crippen LogP) is 3.76. The SMILES string of the molecule is CN(CCc1ccccc1)C(=O)Cn1cc(Cc2cncnc2)c(=O)nc1SCc1ccc(F)cc1. The topological polar surface area (TPSA) is 81.0 Å². The molecule has 4 aromatic rings. The van der Waals surface area contributed by atoms with Crippen molar-refractivity contribution in [3.8, 4) is 0 Å². The van der Waals surface area contributed by atoms with E-state index < -0.39 is 0 Å². The first kappa shape index (κ1) is 25.2. The molecule has 0 saturated carbocycles. The third-order valence-electron chi connectivity index (χ3n) is 5.63. The number of thioether (sulfide) groups is 1. The molecule has 2 aromatic carbocycles. The van der Waals surface area contributed by atoms with Crippen molar-refractivity contribution in [2.75, 3.05) is 13.6 Å². The third-order valence-corrected chi connectivity index (χ3v) is 6.69. The van der Waals surface area contributed by atoms with E-state index in [1.165, 1.54) is 30.2 Å². The Morgan fingerprint density at radius 3 is 2.44 bits per heavy atom. The van der Waals surface area contributed by atoms with Crippen molar-refractivity contribution >= 4 is 17.7 Å². The maximum atomic E-state index is 13.3. The summed E-state index contributed by atoms with van der Waals surface area (Å²) in [6.45, 7) is 0.616. The minimum Gasteiger partial charge on any atom is -0.344 e. The molecular formula is C27H26FN5O2S. The van der Waals surface area contributed by atoms with Crippen molar-refractivity contribution in [1.29, 1.82) is 0 Å². The second-order valence-electron chi connectivity index (χ2n) is 8.37. The van der Waals surface area contributed by atoms with Gasteiger partial charge in [-0.2, -0.15) is 4.98 Å². The highest BCUT2D eigenvalue weighted by molar-refractivity contribution is 7.98. The Morgan fingerprint density at radius 1 is 1.00 bits per heavy atom. The molecule has 0 fully saturated rings. The van der Waals surface area contributed by atoms with Crippen LogP contribution in [-0.2, 0) is 29.9 Å². The van der Waals surface area contributed by atoms with Crippen LogP contribution in [-0.4, -0.2) is 43.9 Å². The van der Waals surface area contributed by atoms with Crippen molar-refractivity contribution in [1.82, 2.24) is 24.4 Å². The van der Waals surface area contributed by atoms with Crippen LogP contribution in [0.15, 0.2) is 89.5 Å². The maximum Gasteiger partial charge on any atom is 0.277 e. The summed E-state index contributed by atoms with van der Waals surface area (Å²) in [5.74, 6) is 0.0857. The normalized spacial score (nSPS) is 10.8. The molecule has 0 radical (unpaired) electrons. The lowest BCUT2D eigenvalue weighted by molar-refractivity contribution is -0.130. The van der Waals surface area contributed by atoms with Crippen LogP contribution in [0.3, 0.4) is 0 Å². The summed E-state index contributed by atoms with van der Waals surface area (Å²) >= 11 is 1.33. The number of hydrogen-bond acceptors (Lipinski definition) is 6. The summed E-state index contributed by atoms with van der Waals surface area (Å²) in [7, 11) is 1.77. The highest BCUT2D eigenvalue weighted by Gasteiger charge is 2.16. The van der Waals surface area contributed by atoms with Crippen LogP contribution in [0.2, 0.25) is 0 Å². The lowest BCUT2D eigenvalue weighted by Gasteiger charge is -2.20. The van der Waals surface area contributed by atoms with Gasteiger partial charge < -0.3 is 9.47 Å². The summed E-state index contributed by atoms with van der Waals surface area (Å²) in [6.07, 6.45) is 7.48. The average molecular weight is 504 g/mol. The fourth-order valence-corrected chi connectivity index (χ4v) is 4.49. The van der Waals surface area contributed by atoms with Gasteiger partial charge in [0.25, 0.3) is 5.56 Å². The van der Waals surface area contributed by atoms with Gasteiger partial charge in [0.1, 0.15) is 18.7 Å². The van der Waals surface area contributed by atoms with Crippen LogP contribution >= 0.6 is 11.8 Å². The fraction of sp³-hybridized carbons (Fsp3) is 0.222. The molecule has 0 unspecified atom stereocenters. The second-order valence-corrected chi connectivity index (χ2v) is 9.31. The van der Waals surface area contributed by atoms with Crippen LogP contribution in [0.4, 0.5) is 4.39 Å². The van der Waals surface area contributed by atoms with E-state index >= 15 is 0 Å². The number of halogens is 1. The Balaban J connectivity index is 1.53. The van der Waals surface area contributed by atoms with Gasteiger partial charge in [0, 0.05) is 49.9 Å². The van der Waals surface area contributed by atoms with Crippen molar-refractivity contribution in [3.63, 3.8) is 0 Å². The van der Waals surface area contributed by atoms with Gasteiger partial charge >= 0.3 is 0 Å². The molecule has 9 heteroatoms. The van der Waals surface area contributed by atoms with E-state index in [2.05, 4.69) is 15.0 Å². The van der Waals surface area contributed by atoms with Gasteiger partial charge in [-0.15, -0.1) is 0 Å². The number of carbonyl (C=O) groups is 1. The van der Waals surface area contributed by atoms with Gasteiger partial charge in [-0.25, -0.2) is 14.4 Å². The van der Waals surface area contributed by atoms with E-state index in [1.54, 1.807) is 47.2 Å². The number of benzene rings is 2. The zero-order valence-corrected chi connectivity index (χ0v) is 20.7. The number of carbonyl (C=O) groups excluding carboxylic acids is 1. The number of aromatic nitrogens is 4. The van der Waals surface area contributed by atoms with Crippen LogP contribution in [0, 0.1) is 5.82 Å². The first-order chi connectivity index (χ1) is 17.5. The van der Waals surface area contributed by atoms with Crippen LogP contribution in [0.1, 0.15) is 22.3 Å². The van der Waals surface area contributed by atoms with Crippen molar-refractivity contribution in [2.24, 2.45) is 0 Å². The average Bonchev–Trinajstić information content (AvgIpc) is 2.90. The van der Waals surface area contributed by atoms with Gasteiger partial charge in [0.05, 0.1) is 0 Å². The molecule has 7 nitrogen and oxygen atoms in total. The van der Waals surface area contributed by atoms with Crippen LogP contribution in [0.5, 0.6) is 0 Å². The van der Waals surface area contributed by atoms with E-state index in [0.717, 1.165) is 23.1 Å². The van der Waals surface area contributed by atoms with E-state index in [1.807, 2.05) is 30.3 Å². The van der Waals surface area contributed by atoms with E-state index in [-0.39, 0.29) is 23.8 Å². The predicted molar refractivity (Wildman–Crippen MR) is 137 cm³/mol. The van der Waals surface area contributed by atoms with Gasteiger partial charge in [-0.3, -0.25) is 9.59 Å². The van der Waals surface area contributed by atoms with Crippen LogP contribution < -0.4 is 5.56 Å². The first-order valence-electron chi connectivity index (χ1n) is 11.5. The van der Waals surface area contributed by atoms with Crippen molar-refractivity contribution in [2.45, 2.75) is 30.3 Å². The first-order valence-corrected chi connectivity index (χ1v) is 12.5. The van der Waals surface area contributed by atoms with Gasteiger partial charge in [0.15, 0.2) is 5.16 Å². The smallest absolute Gasteiger partial charge is 0.277 e. The molecule has 0 aliphatic heterocycles. The Bertz CT molecular complexity index is 1350. The summed E-state index contributed by atoms with van der Waals surface area (Å²) < 4.78 is 15.0. The van der Waals surface area contributed by atoms with Crippen molar-refractivity contribution < 1.29 is 9.18 Å². The molecule has 2 aromatic heterocycles. The van der Waals surface area contributed by atoms with E-state index in [4.69, 9.17) is 0 Å². The summed E-state index contributed by atoms with van der Waals surface area (Å²) in [5.41, 5.74) is 2.92. The second kappa shape index (κ2) is 12.2. The molecule has 0 aliphatic carbocycles. The zero-order chi connectivity index (χ0) is 25.3. The molecule has 0 spiro atoms. The molecule has 1 amide bonds. The van der Waals surface area contributed by atoms with Gasteiger partial charge in [-0.1, -0.05) is 54.2 Å². The van der Waals surface area contributed by atoms with E-state index in [0.29, 0.717) is 29.4 Å². The minimum atomic E-state index is -0.360. The monoisotopic (exact) mass is 503 g/mol. The van der Waals surface area contributed by atoms with Crippen LogP contribution in [0.25, 0.3) is 0 Å². The van der Waals surface area contributed by atoms with E-state index in [9.17, 15) is 14.0 Å². The Morgan fingerprint density at radius 2 is 1.72 bits per heavy atom. The standard InChI is InChI=1S/C27H26FN5O2S/c1-32(12-11-20-5-3-2-4-6-20)25(34)17-33-16-23(13-22-14-29-19-30-15-22)26(35)31-27(33)36-18-21-7-9-24(28)10-8-21/h2-10,14-16,19H,11-13,17-18H2,1H3. The highest BCUT2D eigenvalue weighted by Crippen LogP contribution is 2.21. The largest absolute Gasteiger partial charge is 0.344 e. The van der Waals surface area contributed by atoms with Crippen molar-refractivity contribution in [3.05, 3.63) is 118 Å². The fourth-order valence-electron chi connectivity index (χ4n) is 3.57. The number of amides is 1. The molecule has 184 valence electrons. The van der Waals surface area contributed by atoms with Gasteiger partial charge in [0.2, 0.25) is 5.91 Å². The highest BCUT2D eigenvalue weighted by atomic mass is 32.2. The minimum absolute atomic E-state index is 0.0443. The third kappa shape index (κ3) is 7.08. The Labute approximate surface area is 213 Å². The molecule has 0 N–H and O–H groups in total. The Hall–Kier alpha value is -3.85. The number of rotatable bonds is 10. The van der Waals surface area contributed by atoms with Gasteiger partial charge in [-0.05, 0) is 35.2 Å². The lowest BCUT2D eigenvalue weighted by atomic mass is 10.1. The number of hydrogen-bond donors (Lipinski definition) is 0. The molecule has 36 heavy (non-hydrogen) atoms. The molecule has 0 aliphatic rings. The summed E-state index contributed by atoms with van der Waals surface area (Å²) in [6, 6.07) is 16.2. The lowest BCUT2D eigenvalue weighted by Crippen LogP contribution is -2.33. The summed E-state index contributed by atoms with van der Waals surface area (Å²) in [4.78, 5) is 39.9. The Kier molecular flexibility index (Phi) is 8.57. The molecular weight excluding hydrogens is 477 g/mol. The molecule has 4 rings (SSSR count). The quantitative estimate of drug-likeness (QED) is 0.242. The number of nitrogens with zero attached hydrogens (tertiary/aromatic N) is 5. The molecule has 0 saturated heterocycles. The maximum absolute atomic E-state index is 13.3. The zero-order valence-electron chi connectivity index (χ0n) is 19.9. The summed E-state index contributed by atoms with van der Waals surface area (Å²) in [5, 5.41) is 0.433. The molecule has 2 heterocycles. The number of likely N-dealkylation sites (N-methyl/N-ethyl adjacent to an activating group) is 1. The molecule has 0 atom stereocenters. The molecule has 0 bridgehead atoms.